The number of nitrogens with zero attached hydrogens (tertiary/aromatic N) is 3. The van der Waals surface area contributed by atoms with E-state index in [0.29, 0.717) is 30.2 Å². The normalized spacial score (nSPS) is 23.3. The number of aromatic nitrogens is 3. The summed E-state index contributed by atoms with van der Waals surface area (Å²) in [4.78, 5) is 13.7. The zero-order valence-electron chi connectivity index (χ0n) is 16.9. The fourth-order valence-corrected chi connectivity index (χ4v) is 4.90. The minimum absolute atomic E-state index is 0.337. The lowest BCUT2D eigenvalue weighted by Crippen LogP contribution is -2.35. The van der Waals surface area contributed by atoms with Crippen LogP contribution in [0.2, 0.25) is 0 Å². The van der Waals surface area contributed by atoms with Gasteiger partial charge in [0.1, 0.15) is 17.3 Å². The molecule has 5 nitrogen and oxygen atoms in total. The molecule has 31 heavy (non-hydrogen) atoms. The van der Waals surface area contributed by atoms with Crippen LogP contribution in [0.3, 0.4) is 0 Å². The quantitative estimate of drug-likeness (QED) is 0.630. The molecule has 0 unspecified atom stereocenters. The molecule has 1 saturated carbocycles. The van der Waals surface area contributed by atoms with Crippen molar-refractivity contribution in [1.82, 2.24) is 20.3 Å². The van der Waals surface area contributed by atoms with Gasteiger partial charge < -0.3 is 15.2 Å². The Balaban J connectivity index is 1.21. The number of alkyl halides is 3. The highest BCUT2D eigenvalue weighted by atomic mass is 19.4. The first-order valence-corrected chi connectivity index (χ1v) is 10.6. The van der Waals surface area contributed by atoms with Crippen LogP contribution in [0.4, 0.5) is 19.0 Å². The van der Waals surface area contributed by atoms with E-state index in [1.807, 2.05) is 41.4 Å². The molecule has 2 aliphatic rings. The van der Waals surface area contributed by atoms with Gasteiger partial charge in [-0.3, -0.25) is 0 Å². The third-order valence-electron chi connectivity index (χ3n) is 6.44. The highest BCUT2D eigenvalue weighted by Gasteiger charge is 2.43. The number of aromatic amines is 1. The molecule has 2 N–H and O–H groups in total. The van der Waals surface area contributed by atoms with Crippen molar-refractivity contribution in [3.8, 4) is 11.4 Å². The van der Waals surface area contributed by atoms with Crippen molar-refractivity contribution >= 4 is 5.82 Å². The van der Waals surface area contributed by atoms with Gasteiger partial charge in [0.25, 0.3) is 0 Å². The number of benzene rings is 1. The lowest BCUT2D eigenvalue weighted by atomic mass is 9.98. The first kappa shape index (κ1) is 20.1. The van der Waals surface area contributed by atoms with Crippen LogP contribution >= 0.6 is 0 Å². The minimum atomic E-state index is -4.42. The van der Waals surface area contributed by atoms with Crippen LogP contribution in [0.15, 0.2) is 54.7 Å². The van der Waals surface area contributed by atoms with E-state index in [4.69, 9.17) is 0 Å². The second-order valence-corrected chi connectivity index (χ2v) is 8.40. The highest BCUT2D eigenvalue weighted by molar-refractivity contribution is 5.54. The Morgan fingerprint density at radius 1 is 1.03 bits per heavy atom. The summed E-state index contributed by atoms with van der Waals surface area (Å²) in [5.41, 5.74) is 1.25. The topological polar surface area (TPSA) is 56.8 Å². The van der Waals surface area contributed by atoms with E-state index in [-0.39, 0.29) is 0 Å². The van der Waals surface area contributed by atoms with E-state index in [1.54, 1.807) is 6.07 Å². The molecule has 1 aliphatic heterocycles. The molecule has 3 aromatic rings. The number of hydrogen-bond acceptors (Lipinski definition) is 4. The number of nitrogens with one attached hydrogen (secondary N) is 2. The molecular formula is C23H24F3N5. The molecule has 3 atom stereocenters. The van der Waals surface area contributed by atoms with Crippen LogP contribution in [0.25, 0.3) is 11.4 Å². The summed E-state index contributed by atoms with van der Waals surface area (Å²) < 4.78 is 39.1. The number of H-pyrrole nitrogens is 1. The minimum Gasteiger partial charge on any atom is -0.356 e. The molecule has 1 aliphatic carbocycles. The molecule has 1 aromatic carbocycles. The van der Waals surface area contributed by atoms with Crippen molar-refractivity contribution in [2.24, 2.45) is 11.8 Å². The Hall–Kier alpha value is -2.87. The Morgan fingerprint density at radius 2 is 1.87 bits per heavy atom. The van der Waals surface area contributed by atoms with E-state index in [0.717, 1.165) is 49.1 Å². The Labute approximate surface area is 178 Å². The maximum atomic E-state index is 13.0. The number of fused-ring (bicyclic) bond motifs is 1. The summed E-state index contributed by atoms with van der Waals surface area (Å²) in [7, 11) is 0. The van der Waals surface area contributed by atoms with Crippen LogP contribution in [0.5, 0.6) is 0 Å². The van der Waals surface area contributed by atoms with Crippen molar-refractivity contribution in [2.45, 2.75) is 31.6 Å². The predicted molar refractivity (Wildman–Crippen MR) is 112 cm³/mol. The summed E-state index contributed by atoms with van der Waals surface area (Å²) in [6.45, 7) is 2.18. The molecular weight excluding hydrogens is 403 g/mol. The molecule has 2 fully saturated rings. The summed E-state index contributed by atoms with van der Waals surface area (Å²) in [6, 6.07) is 14.5. The molecule has 162 valence electrons. The van der Waals surface area contributed by atoms with Crippen molar-refractivity contribution in [2.75, 3.05) is 18.0 Å². The van der Waals surface area contributed by atoms with Gasteiger partial charge in [0.15, 0.2) is 0 Å². The predicted octanol–water partition coefficient (Wildman–Crippen LogP) is 4.50. The number of imidazole rings is 1. The van der Waals surface area contributed by atoms with Gasteiger partial charge >= 0.3 is 6.18 Å². The van der Waals surface area contributed by atoms with Crippen LogP contribution in [0, 0.1) is 11.8 Å². The number of anilines is 1. The standard InChI is InChI=1S/C23H24F3N5/c24-23(25,26)20-7-4-8-21(30-20)31-13-16-9-10-19(18(16)14-31)27-11-17-12-28-22(29-17)15-5-2-1-3-6-15/h1-8,12,16,18-19,27H,9-11,13-14H2,(H,28,29)/t16-,18+,19+/m1/s1. The van der Waals surface area contributed by atoms with E-state index in [2.05, 4.69) is 20.3 Å². The van der Waals surface area contributed by atoms with Crippen LogP contribution in [-0.4, -0.2) is 34.1 Å². The summed E-state index contributed by atoms with van der Waals surface area (Å²) in [5.74, 6) is 2.16. The molecule has 1 saturated heterocycles. The van der Waals surface area contributed by atoms with Crippen LogP contribution in [0.1, 0.15) is 24.2 Å². The Morgan fingerprint density at radius 3 is 2.68 bits per heavy atom. The third-order valence-corrected chi connectivity index (χ3v) is 6.44. The molecule has 0 spiro atoms. The zero-order chi connectivity index (χ0) is 21.4. The first-order chi connectivity index (χ1) is 15.0. The lowest BCUT2D eigenvalue weighted by molar-refractivity contribution is -0.141. The second-order valence-electron chi connectivity index (χ2n) is 8.40. The largest absolute Gasteiger partial charge is 0.433 e. The van der Waals surface area contributed by atoms with Crippen molar-refractivity contribution in [1.29, 1.82) is 0 Å². The summed E-state index contributed by atoms with van der Waals surface area (Å²) in [5, 5.41) is 3.64. The van der Waals surface area contributed by atoms with Gasteiger partial charge in [-0.2, -0.15) is 13.2 Å². The Bertz CT molecular complexity index is 1030. The van der Waals surface area contributed by atoms with Gasteiger partial charge in [0.05, 0.1) is 0 Å². The summed E-state index contributed by atoms with van der Waals surface area (Å²) in [6.07, 6.45) is -0.400. The molecule has 0 bridgehead atoms. The SMILES string of the molecule is FC(F)(F)c1cccc(N2C[C@H]3CC[C@H](NCc4cnc(-c5ccccc5)[nH]4)[C@H]3C2)n1. The van der Waals surface area contributed by atoms with Crippen LogP contribution in [-0.2, 0) is 12.7 Å². The monoisotopic (exact) mass is 427 g/mol. The fraction of sp³-hybridized carbons (Fsp3) is 0.391. The molecule has 2 aromatic heterocycles. The third kappa shape index (κ3) is 4.17. The first-order valence-electron chi connectivity index (χ1n) is 10.6. The van der Waals surface area contributed by atoms with Crippen LogP contribution < -0.4 is 10.2 Å². The smallest absolute Gasteiger partial charge is 0.356 e. The van der Waals surface area contributed by atoms with E-state index in [1.165, 1.54) is 6.07 Å². The maximum Gasteiger partial charge on any atom is 0.433 e. The van der Waals surface area contributed by atoms with Gasteiger partial charge in [-0.15, -0.1) is 0 Å². The van der Waals surface area contributed by atoms with Crippen molar-refractivity contribution in [3.63, 3.8) is 0 Å². The molecule has 8 heteroatoms. The van der Waals surface area contributed by atoms with Gasteiger partial charge in [0.2, 0.25) is 0 Å². The van der Waals surface area contributed by atoms with Gasteiger partial charge in [0, 0.05) is 43.1 Å². The molecule has 5 rings (SSSR count). The van der Waals surface area contributed by atoms with E-state index < -0.39 is 11.9 Å². The average Bonchev–Trinajstić information content (AvgIpc) is 3.49. The fourth-order valence-electron chi connectivity index (χ4n) is 4.90. The van der Waals surface area contributed by atoms with Gasteiger partial charge in [-0.05, 0) is 36.8 Å². The average molecular weight is 427 g/mol. The number of halogens is 3. The lowest BCUT2D eigenvalue weighted by Gasteiger charge is -2.23. The molecule has 3 heterocycles. The molecule has 0 radical (unpaired) electrons. The number of pyridine rings is 1. The van der Waals surface area contributed by atoms with Crippen molar-refractivity contribution in [3.05, 3.63) is 66.1 Å². The summed E-state index contributed by atoms with van der Waals surface area (Å²) >= 11 is 0. The van der Waals surface area contributed by atoms with E-state index in [9.17, 15) is 13.2 Å². The highest BCUT2D eigenvalue weighted by Crippen LogP contribution is 2.40. The van der Waals surface area contributed by atoms with Gasteiger partial charge in [-0.1, -0.05) is 36.4 Å². The maximum absolute atomic E-state index is 13.0. The Kier molecular flexibility index (Phi) is 5.17. The van der Waals surface area contributed by atoms with E-state index >= 15 is 0 Å². The number of rotatable bonds is 5. The zero-order valence-corrected chi connectivity index (χ0v) is 16.9. The number of hydrogen-bond donors (Lipinski definition) is 2. The van der Waals surface area contributed by atoms with Crippen molar-refractivity contribution < 1.29 is 13.2 Å². The second kappa shape index (κ2) is 8.00. The molecule has 0 amide bonds. The van der Waals surface area contributed by atoms with Gasteiger partial charge in [-0.25, -0.2) is 9.97 Å².